The molecule has 3 aromatic rings. The van der Waals surface area contributed by atoms with Crippen LogP contribution in [0.25, 0.3) is 11.3 Å². The van der Waals surface area contributed by atoms with E-state index in [9.17, 15) is 23.2 Å². The van der Waals surface area contributed by atoms with Crippen molar-refractivity contribution in [2.24, 2.45) is 5.92 Å². The molecule has 8 heteroatoms. The van der Waals surface area contributed by atoms with Crippen molar-refractivity contribution in [1.82, 2.24) is 9.55 Å². The van der Waals surface area contributed by atoms with E-state index in [-0.39, 0.29) is 11.6 Å². The highest BCUT2D eigenvalue weighted by atomic mass is 19.4. The Kier molecular flexibility index (Phi) is 5.92. The van der Waals surface area contributed by atoms with Crippen LogP contribution in [-0.2, 0) is 6.18 Å². The molecule has 0 aliphatic heterocycles. The molecule has 2 aromatic heterocycles. The van der Waals surface area contributed by atoms with Gasteiger partial charge in [-0.3, -0.25) is 9.36 Å². The van der Waals surface area contributed by atoms with Gasteiger partial charge in [0.2, 0.25) is 0 Å². The molecule has 1 aliphatic carbocycles. The minimum absolute atomic E-state index is 0.0154. The molecule has 0 spiro atoms. The number of aryl methyl sites for hydroxylation is 1. The van der Waals surface area contributed by atoms with Crippen molar-refractivity contribution in [2.45, 2.75) is 51.2 Å². The van der Waals surface area contributed by atoms with Crippen LogP contribution in [0.3, 0.4) is 0 Å². The molecule has 1 unspecified atom stereocenters. The summed E-state index contributed by atoms with van der Waals surface area (Å²) in [5.41, 5.74) is -1.19. The van der Waals surface area contributed by atoms with Crippen LogP contribution >= 0.6 is 0 Å². The van der Waals surface area contributed by atoms with Crippen molar-refractivity contribution in [1.29, 1.82) is 5.26 Å². The Bertz CT molecular complexity index is 1200. The highest BCUT2D eigenvalue weighted by Gasteiger charge is 2.39. The first-order valence-corrected chi connectivity index (χ1v) is 10.5. The van der Waals surface area contributed by atoms with Gasteiger partial charge in [0, 0.05) is 0 Å². The average molecular weight is 441 g/mol. The number of alkyl halides is 3. The maximum absolute atomic E-state index is 13.8. The molecule has 1 saturated carbocycles. The van der Waals surface area contributed by atoms with Crippen LogP contribution in [-0.4, -0.2) is 9.55 Å². The largest absolute Gasteiger partial charge is 0.451 e. The van der Waals surface area contributed by atoms with E-state index in [4.69, 9.17) is 4.42 Å². The van der Waals surface area contributed by atoms with Crippen LogP contribution in [0.2, 0.25) is 0 Å². The van der Waals surface area contributed by atoms with Gasteiger partial charge in [0.15, 0.2) is 6.39 Å². The number of hydrogen-bond donors (Lipinski definition) is 0. The van der Waals surface area contributed by atoms with Crippen molar-refractivity contribution in [3.63, 3.8) is 0 Å². The summed E-state index contributed by atoms with van der Waals surface area (Å²) >= 11 is 0. The molecule has 1 fully saturated rings. The van der Waals surface area contributed by atoms with Gasteiger partial charge >= 0.3 is 6.18 Å². The third kappa shape index (κ3) is 4.07. The molecule has 0 bridgehead atoms. The topological polar surface area (TPSA) is 71.8 Å². The summed E-state index contributed by atoms with van der Waals surface area (Å²) in [6, 6.07) is 8.76. The van der Waals surface area contributed by atoms with Crippen molar-refractivity contribution < 1.29 is 17.6 Å². The van der Waals surface area contributed by atoms with Crippen LogP contribution in [0, 0.1) is 24.2 Å². The number of hydrogen-bond acceptors (Lipinski definition) is 4. The van der Waals surface area contributed by atoms with E-state index in [2.05, 4.69) is 4.98 Å². The minimum Gasteiger partial charge on any atom is -0.451 e. The van der Waals surface area contributed by atoms with Crippen LogP contribution in [0.1, 0.15) is 60.5 Å². The molecule has 5 nitrogen and oxygen atoms in total. The van der Waals surface area contributed by atoms with E-state index in [0.29, 0.717) is 11.3 Å². The van der Waals surface area contributed by atoms with E-state index in [0.717, 1.165) is 43.7 Å². The Morgan fingerprint density at radius 3 is 2.56 bits per heavy atom. The fourth-order valence-electron chi connectivity index (χ4n) is 4.66. The van der Waals surface area contributed by atoms with Gasteiger partial charge < -0.3 is 4.42 Å². The smallest absolute Gasteiger partial charge is 0.417 e. The lowest BCUT2D eigenvalue weighted by molar-refractivity contribution is -0.137. The summed E-state index contributed by atoms with van der Waals surface area (Å²) in [6.07, 6.45) is 2.43. The summed E-state index contributed by atoms with van der Waals surface area (Å²) in [7, 11) is 0. The monoisotopic (exact) mass is 441 g/mol. The van der Waals surface area contributed by atoms with Crippen LogP contribution in [0.15, 0.2) is 52.2 Å². The molecule has 1 aromatic carbocycles. The Hall–Kier alpha value is -3.34. The standard InChI is InChI=1S/C24H22F3N3O2/c1-15-6-5-9-17(10-15)21-11-19(24(25,26)27)18(12-28)23(31)30(21)22(20-13-32-14-29-20)16-7-3-2-4-8-16/h5-6,9-11,13-14,16,22H,2-4,7-8H2,1H3. The molecule has 2 heterocycles. The number of aromatic nitrogens is 2. The lowest BCUT2D eigenvalue weighted by Gasteiger charge is -2.32. The zero-order valence-corrected chi connectivity index (χ0v) is 17.5. The molecule has 4 rings (SSSR count). The van der Waals surface area contributed by atoms with E-state index in [1.807, 2.05) is 13.0 Å². The maximum Gasteiger partial charge on any atom is 0.417 e. The van der Waals surface area contributed by atoms with Gasteiger partial charge in [0.1, 0.15) is 23.6 Å². The van der Waals surface area contributed by atoms with Crippen LogP contribution in [0.5, 0.6) is 0 Å². The molecule has 0 amide bonds. The first kappa shape index (κ1) is 21.9. The van der Waals surface area contributed by atoms with Crippen molar-refractivity contribution >= 4 is 0 Å². The molecular weight excluding hydrogens is 419 g/mol. The van der Waals surface area contributed by atoms with Gasteiger partial charge in [-0.1, -0.05) is 43.0 Å². The first-order chi connectivity index (χ1) is 15.3. The van der Waals surface area contributed by atoms with Gasteiger partial charge in [-0.05, 0) is 43.4 Å². The summed E-state index contributed by atoms with van der Waals surface area (Å²) in [4.78, 5) is 17.8. The molecule has 32 heavy (non-hydrogen) atoms. The molecule has 0 N–H and O–H groups in total. The predicted molar refractivity (Wildman–Crippen MR) is 112 cm³/mol. The van der Waals surface area contributed by atoms with E-state index >= 15 is 0 Å². The third-order valence-corrected chi connectivity index (χ3v) is 6.10. The molecule has 0 radical (unpaired) electrons. The minimum atomic E-state index is -4.84. The molecular formula is C24H22F3N3O2. The number of nitrogens with zero attached hydrogens (tertiary/aromatic N) is 3. The lowest BCUT2D eigenvalue weighted by Crippen LogP contribution is -2.35. The molecule has 1 aliphatic rings. The average Bonchev–Trinajstić information content (AvgIpc) is 3.29. The summed E-state index contributed by atoms with van der Waals surface area (Å²) < 4.78 is 48.0. The van der Waals surface area contributed by atoms with Gasteiger partial charge in [-0.2, -0.15) is 18.4 Å². The zero-order chi connectivity index (χ0) is 22.9. The summed E-state index contributed by atoms with van der Waals surface area (Å²) in [5, 5.41) is 9.52. The Morgan fingerprint density at radius 2 is 1.97 bits per heavy atom. The van der Waals surface area contributed by atoms with Gasteiger partial charge in [0.25, 0.3) is 5.56 Å². The van der Waals surface area contributed by atoms with E-state index < -0.39 is 28.9 Å². The SMILES string of the molecule is Cc1cccc(-c2cc(C(F)(F)F)c(C#N)c(=O)n2C(c2cocn2)C2CCCCC2)c1. The van der Waals surface area contributed by atoms with Crippen LogP contribution < -0.4 is 5.56 Å². The second-order valence-corrected chi connectivity index (χ2v) is 8.23. The Balaban J connectivity index is 2.07. The molecule has 166 valence electrons. The second kappa shape index (κ2) is 8.65. The second-order valence-electron chi connectivity index (χ2n) is 8.23. The maximum atomic E-state index is 13.8. The number of pyridine rings is 1. The van der Waals surface area contributed by atoms with E-state index in [1.54, 1.807) is 18.2 Å². The highest BCUT2D eigenvalue weighted by molar-refractivity contribution is 5.64. The summed E-state index contributed by atoms with van der Waals surface area (Å²) in [6.45, 7) is 1.83. The van der Waals surface area contributed by atoms with E-state index in [1.165, 1.54) is 23.3 Å². The predicted octanol–water partition coefficient (Wildman–Crippen LogP) is 5.87. The Morgan fingerprint density at radius 1 is 1.22 bits per heavy atom. The number of rotatable bonds is 4. The number of nitriles is 1. The fraction of sp³-hybridized carbons (Fsp3) is 0.375. The number of benzene rings is 1. The van der Waals surface area contributed by atoms with Crippen molar-refractivity contribution in [2.75, 3.05) is 0 Å². The quantitative estimate of drug-likeness (QED) is 0.508. The molecule has 0 saturated heterocycles. The number of oxazole rings is 1. The van der Waals surface area contributed by atoms with Crippen LogP contribution in [0.4, 0.5) is 13.2 Å². The molecule has 1 atom stereocenters. The fourth-order valence-corrected chi connectivity index (χ4v) is 4.66. The van der Waals surface area contributed by atoms with Gasteiger partial charge in [-0.15, -0.1) is 0 Å². The van der Waals surface area contributed by atoms with Crippen molar-refractivity contribution in [3.8, 4) is 17.3 Å². The lowest BCUT2D eigenvalue weighted by atomic mass is 9.82. The van der Waals surface area contributed by atoms with Gasteiger partial charge in [0.05, 0.1) is 17.3 Å². The zero-order valence-electron chi connectivity index (χ0n) is 17.5. The normalized spacial score (nSPS) is 16.0. The Labute approximate surface area is 183 Å². The van der Waals surface area contributed by atoms with Gasteiger partial charge in [-0.25, -0.2) is 4.98 Å². The first-order valence-electron chi connectivity index (χ1n) is 10.5. The highest BCUT2D eigenvalue weighted by Crippen LogP contribution is 2.40. The van der Waals surface area contributed by atoms with Crippen molar-refractivity contribution in [3.05, 3.63) is 75.7 Å². The summed E-state index contributed by atoms with van der Waals surface area (Å²) in [5.74, 6) is -0.0154. The third-order valence-electron chi connectivity index (χ3n) is 6.10. The number of halogens is 3.